The van der Waals surface area contributed by atoms with Crippen molar-refractivity contribution in [3.05, 3.63) is 65.7 Å². The van der Waals surface area contributed by atoms with E-state index in [9.17, 15) is 4.79 Å². The van der Waals surface area contributed by atoms with Crippen molar-refractivity contribution in [2.24, 2.45) is 0 Å². The number of hydrogen-bond donors (Lipinski definition) is 1. The normalized spacial score (nSPS) is 14.9. The van der Waals surface area contributed by atoms with Gasteiger partial charge in [0.25, 0.3) is 0 Å². The summed E-state index contributed by atoms with van der Waals surface area (Å²) in [4.78, 5) is 16.5. The Morgan fingerprint density at radius 3 is 2.54 bits per heavy atom. The van der Waals surface area contributed by atoms with Crippen LogP contribution in [-0.2, 0) is 6.54 Å². The molecule has 0 radical (unpaired) electrons. The topological polar surface area (TPSA) is 44.8 Å². The zero-order valence-corrected chi connectivity index (χ0v) is 15.4. The van der Waals surface area contributed by atoms with Gasteiger partial charge in [0.1, 0.15) is 12.4 Å². The molecule has 1 aliphatic heterocycles. The molecule has 0 atom stereocenters. The average Bonchev–Trinajstić information content (AvgIpc) is 2.66. The molecular weight excluding hydrogens is 326 g/mol. The fourth-order valence-corrected chi connectivity index (χ4v) is 3.09. The SMILES string of the molecule is Cc1cccc(OCCNC(=O)N2CCN(Cc3ccccc3)CC2)c1. The van der Waals surface area contributed by atoms with Gasteiger partial charge < -0.3 is 15.0 Å². The summed E-state index contributed by atoms with van der Waals surface area (Å²) in [7, 11) is 0. The molecular formula is C21H27N3O2. The van der Waals surface area contributed by atoms with Gasteiger partial charge >= 0.3 is 6.03 Å². The van der Waals surface area contributed by atoms with Crippen molar-refractivity contribution in [1.82, 2.24) is 15.1 Å². The van der Waals surface area contributed by atoms with Crippen molar-refractivity contribution in [2.75, 3.05) is 39.3 Å². The minimum Gasteiger partial charge on any atom is -0.492 e. The van der Waals surface area contributed by atoms with Gasteiger partial charge in [-0.15, -0.1) is 0 Å². The molecule has 2 aromatic rings. The molecule has 0 unspecified atom stereocenters. The monoisotopic (exact) mass is 353 g/mol. The number of carbonyl (C=O) groups is 1. The number of rotatable bonds is 6. The van der Waals surface area contributed by atoms with E-state index < -0.39 is 0 Å². The molecule has 0 bridgehead atoms. The molecule has 2 aromatic carbocycles. The lowest BCUT2D eigenvalue weighted by molar-refractivity contribution is 0.134. The fraction of sp³-hybridized carbons (Fsp3) is 0.381. The van der Waals surface area contributed by atoms with E-state index >= 15 is 0 Å². The summed E-state index contributed by atoms with van der Waals surface area (Å²) >= 11 is 0. The Labute approximate surface area is 155 Å². The number of piperazine rings is 1. The number of hydrogen-bond acceptors (Lipinski definition) is 3. The van der Waals surface area contributed by atoms with E-state index in [1.165, 1.54) is 11.1 Å². The lowest BCUT2D eigenvalue weighted by Gasteiger charge is -2.34. The second kappa shape index (κ2) is 9.25. The van der Waals surface area contributed by atoms with Crippen molar-refractivity contribution >= 4 is 6.03 Å². The highest BCUT2D eigenvalue weighted by atomic mass is 16.5. The third-order valence-corrected chi connectivity index (χ3v) is 4.55. The number of carbonyl (C=O) groups excluding carboxylic acids is 1. The number of nitrogens with one attached hydrogen (secondary N) is 1. The van der Waals surface area contributed by atoms with Crippen LogP contribution in [-0.4, -0.2) is 55.2 Å². The van der Waals surface area contributed by atoms with Gasteiger partial charge in [-0.3, -0.25) is 4.90 Å². The van der Waals surface area contributed by atoms with Crippen molar-refractivity contribution in [2.45, 2.75) is 13.5 Å². The van der Waals surface area contributed by atoms with Gasteiger partial charge in [-0.25, -0.2) is 4.79 Å². The van der Waals surface area contributed by atoms with E-state index in [0.29, 0.717) is 13.2 Å². The summed E-state index contributed by atoms with van der Waals surface area (Å²) in [5.41, 5.74) is 2.48. The van der Waals surface area contributed by atoms with E-state index in [-0.39, 0.29) is 6.03 Å². The minimum atomic E-state index is -0.00259. The van der Waals surface area contributed by atoms with Gasteiger partial charge in [0, 0.05) is 32.7 Å². The second-order valence-electron chi connectivity index (χ2n) is 6.65. The molecule has 0 spiro atoms. The third-order valence-electron chi connectivity index (χ3n) is 4.55. The predicted octanol–water partition coefficient (Wildman–Crippen LogP) is 2.90. The van der Waals surface area contributed by atoms with E-state index in [4.69, 9.17) is 4.74 Å². The van der Waals surface area contributed by atoms with Crippen molar-refractivity contribution in [3.63, 3.8) is 0 Å². The van der Waals surface area contributed by atoms with Crippen LogP contribution in [0.15, 0.2) is 54.6 Å². The molecule has 26 heavy (non-hydrogen) atoms. The first-order chi connectivity index (χ1) is 12.7. The number of aryl methyl sites for hydroxylation is 1. The van der Waals surface area contributed by atoms with Crippen LogP contribution in [0.4, 0.5) is 4.79 Å². The molecule has 1 aliphatic rings. The molecule has 1 saturated heterocycles. The number of nitrogens with zero attached hydrogens (tertiary/aromatic N) is 2. The molecule has 1 fully saturated rings. The van der Waals surface area contributed by atoms with Crippen LogP contribution < -0.4 is 10.1 Å². The first-order valence-corrected chi connectivity index (χ1v) is 9.19. The van der Waals surface area contributed by atoms with Crippen molar-refractivity contribution < 1.29 is 9.53 Å². The average molecular weight is 353 g/mol. The lowest BCUT2D eigenvalue weighted by Crippen LogP contribution is -2.51. The van der Waals surface area contributed by atoms with Crippen LogP contribution in [0.2, 0.25) is 0 Å². The highest BCUT2D eigenvalue weighted by molar-refractivity contribution is 5.74. The Bertz CT molecular complexity index is 697. The molecule has 0 saturated carbocycles. The van der Waals surface area contributed by atoms with Crippen LogP contribution >= 0.6 is 0 Å². The Kier molecular flexibility index (Phi) is 6.50. The quantitative estimate of drug-likeness (QED) is 0.812. The molecule has 2 amide bonds. The van der Waals surface area contributed by atoms with Gasteiger partial charge in [-0.1, -0.05) is 42.5 Å². The Morgan fingerprint density at radius 1 is 1.04 bits per heavy atom. The van der Waals surface area contributed by atoms with Gasteiger partial charge in [0.05, 0.1) is 6.54 Å². The molecule has 1 N–H and O–H groups in total. The minimum absolute atomic E-state index is 0.00259. The maximum absolute atomic E-state index is 12.3. The van der Waals surface area contributed by atoms with Crippen LogP contribution in [0, 0.1) is 6.92 Å². The Hall–Kier alpha value is -2.53. The lowest BCUT2D eigenvalue weighted by atomic mass is 10.2. The molecule has 5 nitrogen and oxygen atoms in total. The smallest absolute Gasteiger partial charge is 0.317 e. The molecule has 3 rings (SSSR count). The maximum atomic E-state index is 12.3. The standard InChI is InChI=1S/C21H27N3O2/c1-18-6-5-9-20(16-18)26-15-10-22-21(25)24-13-11-23(12-14-24)17-19-7-3-2-4-8-19/h2-9,16H,10-15,17H2,1H3,(H,22,25). The molecule has 0 aromatic heterocycles. The summed E-state index contributed by atoms with van der Waals surface area (Å²) in [6.07, 6.45) is 0. The molecule has 5 heteroatoms. The highest BCUT2D eigenvalue weighted by Crippen LogP contribution is 2.12. The van der Waals surface area contributed by atoms with Crippen LogP contribution in [0.25, 0.3) is 0 Å². The summed E-state index contributed by atoms with van der Waals surface area (Å²) in [6, 6.07) is 18.4. The molecule has 138 valence electrons. The zero-order chi connectivity index (χ0) is 18.2. The Morgan fingerprint density at radius 2 is 1.81 bits per heavy atom. The number of urea groups is 1. The summed E-state index contributed by atoms with van der Waals surface area (Å²) in [5, 5.41) is 2.95. The highest BCUT2D eigenvalue weighted by Gasteiger charge is 2.20. The van der Waals surface area contributed by atoms with Crippen LogP contribution in [0.1, 0.15) is 11.1 Å². The van der Waals surface area contributed by atoms with E-state index in [2.05, 4.69) is 34.5 Å². The van der Waals surface area contributed by atoms with Crippen LogP contribution in [0.5, 0.6) is 5.75 Å². The van der Waals surface area contributed by atoms with E-state index in [1.807, 2.05) is 42.2 Å². The van der Waals surface area contributed by atoms with Crippen molar-refractivity contribution in [1.29, 1.82) is 0 Å². The van der Waals surface area contributed by atoms with Gasteiger partial charge in [0.15, 0.2) is 0 Å². The van der Waals surface area contributed by atoms with Crippen LogP contribution in [0.3, 0.4) is 0 Å². The summed E-state index contributed by atoms with van der Waals surface area (Å²) in [5.74, 6) is 0.841. The number of ether oxygens (including phenoxy) is 1. The number of amides is 2. The zero-order valence-electron chi connectivity index (χ0n) is 15.4. The fourth-order valence-electron chi connectivity index (χ4n) is 3.09. The third kappa shape index (κ3) is 5.49. The Balaban J connectivity index is 1.33. The predicted molar refractivity (Wildman–Crippen MR) is 103 cm³/mol. The largest absolute Gasteiger partial charge is 0.492 e. The maximum Gasteiger partial charge on any atom is 0.317 e. The van der Waals surface area contributed by atoms with E-state index in [0.717, 1.165) is 38.5 Å². The van der Waals surface area contributed by atoms with Crippen molar-refractivity contribution in [3.8, 4) is 5.75 Å². The second-order valence-corrected chi connectivity index (χ2v) is 6.65. The first-order valence-electron chi connectivity index (χ1n) is 9.19. The molecule has 0 aliphatic carbocycles. The summed E-state index contributed by atoms with van der Waals surface area (Å²) < 4.78 is 5.67. The summed E-state index contributed by atoms with van der Waals surface area (Å²) in [6.45, 7) is 7.30. The van der Waals surface area contributed by atoms with E-state index in [1.54, 1.807) is 0 Å². The first kappa shape index (κ1) is 18.3. The van der Waals surface area contributed by atoms with Gasteiger partial charge in [0.2, 0.25) is 0 Å². The molecule has 1 heterocycles. The number of benzene rings is 2. The van der Waals surface area contributed by atoms with Gasteiger partial charge in [-0.05, 0) is 30.2 Å². The van der Waals surface area contributed by atoms with Gasteiger partial charge in [-0.2, -0.15) is 0 Å².